The fourth-order valence-electron chi connectivity index (χ4n) is 2.68. The molecule has 0 saturated heterocycles. The van der Waals surface area contributed by atoms with E-state index in [2.05, 4.69) is 23.5 Å². The topological polar surface area (TPSA) is 21.3 Å². The number of fused-ring (bicyclic) bond motifs is 1. The number of nitrogens with one attached hydrogen (secondary N) is 1. The molecule has 1 N–H and O–H groups in total. The number of hydrogen-bond donors (Lipinski definition) is 1. The Morgan fingerprint density at radius 3 is 2.50 bits per heavy atom. The zero-order chi connectivity index (χ0) is 15.5. The summed E-state index contributed by atoms with van der Waals surface area (Å²) in [5.41, 5.74) is 3.03. The minimum atomic E-state index is -0.210. The average Bonchev–Trinajstić information content (AvgIpc) is 2.54. The molecule has 3 aromatic rings. The Morgan fingerprint density at radius 1 is 1.00 bits per heavy atom. The predicted molar refractivity (Wildman–Crippen MR) is 89.0 cm³/mol. The summed E-state index contributed by atoms with van der Waals surface area (Å²) in [7, 11) is 1.68. The molecule has 0 aliphatic heterocycles. The van der Waals surface area contributed by atoms with Gasteiger partial charge in [-0.15, -0.1) is 0 Å². The molecule has 112 valence electrons. The molecule has 0 saturated carbocycles. The van der Waals surface area contributed by atoms with E-state index in [0.29, 0.717) is 6.54 Å². The lowest BCUT2D eigenvalue weighted by atomic mass is 10.0. The van der Waals surface area contributed by atoms with Gasteiger partial charge in [-0.1, -0.05) is 30.3 Å². The molecule has 0 heterocycles. The van der Waals surface area contributed by atoms with Crippen molar-refractivity contribution >= 4 is 16.5 Å². The first-order chi connectivity index (χ1) is 10.7. The summed E-state index contributed by atoms with van der Waals surface area (Å²) in [6.07, 6.45) is 0. The normalized spacial score (nSPS) is 10.7. The minimum absolute atomic E-state index is 0.210. The molecular formula is C19H18FNO. The van der Waals surface area contributed by atoms with Gasteiger partial charge in [0.15, 0.2) is 0 Å². The molecule has 0 spiro atoms. The Bertz CT molecular complexity index is 814. The maximum atomic E-state index is 13.2. The first kappa shape index (κ1) is 14.4. The second kappa shape index (κ2) is 6.06. The number of aryl methyl sites for hydroxylation is 1. The Balaban J connectivity index is 1.91. The lowest BCUT2D eigenvalue weighted by Gasteiger charge is -2.13. The van der Waals surface area contributed by atoms with E-state index in [1.807, 2.05) is 25.1 Å². The van der Waals surface area contributed by atoms with E-state index in [1.165, 1.54) is 17.7 Å². The highest BCUT2D eigenvalue weighted by Crippen LogP contribution is 2.29. The zero-order valence-corrected chi connectivity index (χ0v) is 12.7. The van der Waals surface area contributed by atoms with Gasteiger partial charge in [0.05, 0.1) is 7.11 Å². The number of rotatable bonds is 4. The average molecular weight is 295 g/mol. The van der Waals surface area contributed by atoms with Crippen LogP contribution in [-0.2, 0) is 6.54 Å². The zero-order valence-electron chi connectivity index (χ0n) is 12.7. The van der Waals surface area contributed by atoms with Crippen LogP contribution in [0.4, 0.5) is 10.1 Å². The Hall–Kier alpha value is -2.55. The summed E-state index contributed by atoms with van der Waals surface area (Å²) in [5.74, 6) is 0.662. The van der Waals surface area contributed by atoms with Crippen molar-refractivity contribution in [1.29, 1.82) is 0 Å². The summed E-state index contributed by atoms with van der Waals surface area (Å²) in [5, 5.41) is 5.64. The number of hydrogen-bond acceptors (Lipinski definition) is 2. The first-order valence-electron chi connectivity index (χ1n) is 7.23. The van der Waals surface area contributed by atoms with Gasteiger partial charge in [0, 0.05) is 17.6 Å². The van der Waals surface area contributed by atoms with Crippen molar-refractivity contribution < 1.29 is 9.13 Å². The van der Waals surface area contributed by atoms with Crippen molar-refractivity contribution in [2.24, 2.45) is 0 Å². The largest absolute Gasteiger partial charge is 0.496 e. The van der Waals surface area contributed by atoms with Crippen molar-refractivity contribution in [2.45, 2.75) is 13.5 Å². The van der Waals surface area contributed by atoms with Crippen LogP contribution in [0.25, 0.3) is 10.8 Å². The van der Waals surface area contributed by atoms with Gasteiger partial charge < -0.3 is 10.1 Å². The molecule has 0 amide bonds. The summed E-state index contributed by atoms with van der Waals surface area (Å²) in [4.78, 5) is 0. The molecule has 3 rings (SSSR count). The highest BCUT2D eigenvalue weighted by molar-refractivity contribution is 5.91. The fourth-order valence-corrected chi connectivity index (χ4v) is 2.68. The van der Waals surface area contributed by atoms with Gasteiger partial charge in [0.25, 0.3) is 0 Å². The van der Waals surface area contributed by atoms with Crippen molar-refractivity contribution in [3.8, 4) is 5.75 Å². The molecule has 3 heteroatoms. The summed E-state index contributed by atoms with van der Waals surface area (Å²) >= 11 is 0. The van der Waals surface area contributed by atoms with Crippen molar-refractivity contribution in [3.63, 3.8) is 0 Å². The third-order valence-electron chi connectivity index (χ3n) is 3.85. The van der Waals surface area contributed by atoms with Crippen LogP contribution in [0.1, 0.15) is 11.1 Å². The minimum Gasteiger partial charge on any atom is -0.496 e. The summed E-state index contributed by atoms with van der Waals surface area (Å²) in [6.45, 7) is 2.58. The molecule has 3 aromatic carbocycles. The molecule has 0 bridgehead atoms. The van der Waals surface area contributed by atoms with Crippen molar-refractivity contribution in [1.82, 2.24) is 0 Å². The molecule has 0 fully saturated rings. The third-order valence-corrected chi connectivity index (χ3v) is 3.85. The monoisotopic (exact) mass is 295 g/mol. The van der Waals surface area contributed by atoms with Gasteiger partial charge in [-0.3, -0.25) is 0 Å². The Labute approximate surface area is 129 Å². The second-order valence-electron chi connectivity index (χ2n) is 5.29. The van der Waals surface area contributed by atoms with Crippen LogP contribution in [0.15, 0.2) is 54.6 Å². The fraction of sp³-hybridized carbons (Fsp3) is 0.158. The van der Waals surface area contributed by atoms with Crippen LogP contribution in [-0.4, -0.2) is 7.11 Å². The number of benzene rings is 3. The van der Waals surface area contributed by atoms with E-state index < -0.39 is 0 Å². The molecule has 0 atom stereocenters. The first-order valence-corrected chi connectivity index (χ1v) is 7.23. The van der Waals surface area contributed by atoms with Crippen molar-refractivity contribution in [3.05, 3.63) is 71.5 Å². The van der Waals surface area contributed by atoms with E-state index in [4.69, 9.17) is 4.74 Å². The van der Waals surface area contributed by atoms with Gasteiger partial charge in [0.2, 0.25) is 0 Å². The Morgan fingerprint density at radius 2 is 1.77 bits per heavy atom. The standard InChI is InChI=1S/C19H18FNO/c1-13-11-15(20)8-9-18(13)21-12-14-7-10-19(22-2)17-6-4-3-5-16(14)17/h3-11,21H,12H2,1-2H3. The summed E-state index contributed by atoms with van der Waals surface area (Å²) < 4.78 is 18.6. The highest BCUT2D eigenvalue weighted by Gasteiger charge is 2.06. The van der Waals surface area contributed by atoms with Crippen LogP contribution >= 0.6 is 0 Å². The van der Waals surface area contributed by atoms with E-state index in [0.717, 1.165) is 27.8 Å². The molecule has 0 aromatic heterocycles. The van der Waals surface area contributed by atoms with Gasteiger partial charge >= 0.3 is 0 Å². The Kier molecular flexibility index (Phi) is 3.96. The maximum Gasteiger partial charge on any atom is 0.126 e. The van der Waals surface area contributed by atoms with Gasteiger partial charge in [0.1, 0.15) is 11.6 Å². The van der Waals surface area contributed by atoms with Crippen LogP contribution in [0.2, 0.25) is 0 Å². The molecular weight excluding hydrogens is 277 g/mol. The van der Waals surface area contributed by atoms with Gasteiger partial charge in [-0.25, -0.2) is 4.39 Å². The van der Waals surface area contributed by atoms with Crippen LogP contribution in [0.5, 0.6) is 5.75 Å². The summed E-state index contributed by atoms with van der Waals surface area (Å²) in [6, 6.07) is 17.0. The number of methoxy groups -OCH3 is 1. The predicted octanol–water partition coefficient (Wildman–Crippen LogP) is 4.91. The molecule has 2 nitrogen and oxygen atoms in total. The number of anilines is 1. The molecule has 0 aliphatic rings. The van der Waals surface area contributed by atoms with E-state index >= 15 is 0 Å². The molecule has 0 aliphatic carbocycles. The van der Waals surface area contributed by atoms with Crippen LogP contribution in [0.3, 0.4) is 0 Å². The SMILES string of the molecule is COc1ccc(CNc2ccc(F)cc2C)c2ccccc12. The van der Waals surface area contributed by atoms with E-state index in [1.54, 1.807) is 13.2 Å². The number of halogens is 1. The maximum absolute atomic E-state index is 13.2. The molecule has 0 radical (unpaired) electrons. The quantitative estimate of drug-likeness (QED) is 0.738. The molecule has 0 unspecified atom stereocenters. The molecule has 22 heavy (non-hydrogen) atoms. The van der Waals surface area contributed by atoms with Crippen LogP contribution in [0, 0.1) is 12.7 Å². The van der Waals surface area contributed by atoms with Gasteiger partial charge in [-0.2, -0.15) is 0 Å². The number of ether oxygens (including phenoxy) is 1. The lowest BCUT2D eigenvalue weighted by molar-refractivity contribution is 0.419. The third kappa shape index (κ3) is 2.75. The van der Waals surface area contributed by atoms with E-state index in [-0.39, 0.29) is 5.82 Å². The van der Waals surface area contributed by atoms with Crippen LogP contribution < -0.4 is 10.1 Å². The smallest absolute Gasteiger partial charge is 0.126 e. The van der Waals surface area contributed by atoms with Gasteiger partial charge in [-0.05, 0) is 47.7 Å². The second-order valence-corrected chi connectivity index (χ2v) is 5.29. The highest BCUT2D eigenvalue weighted by atomic mass is 19.1. The lowest BCUT2D eigenvalue weighted by Crippen LogP contribution is -2.02. The van der Waals surface area contributed by atoms with E-state index in [9.17, 15) is 4.39 Å². The van der Waals surface area contributed by atoms with Crippen molar-refractivity contribution in [2.75, 3.05) is 12.4 Å².